The summed E-state index contributed by atoms with van der Waals surface area (Å²) in [5, 5.41) is 3.04. The Labute approximate surface area is 485 Å². The number of esters is 1. The summed E-state index contributed by atoms with van der Waals surface area (Å²) in [6.07, 6.45) is 71.1. The molecule has 0 aliphatic heterocycles. The van der Waals surface area contributed by atoms with Crippen LogP contribution in [-0.4, -0.2) is 69.4 Å². The molecule has 0 bridgehead atoms. The summed E-state index contributed by atoms with van der Waals surface area (Å²) in [4.78, 5) is 40.1. The molecule has 3 unspecified atom stereocenters. The minimum absolute atomic E-state index is 0.0200. The van der Waals surface area contributed by atoms with Crippen molar-refractivity contribution in [1.29, 1.82) is 0 Å². The highest BCUT2D eigenvalue weighted by atomic mass is 31.2. The molecule has 0 aromatic rings. The van der Waals surface area contributed by atoms with Crippen molar-refractivity contribution >= 4 is 19.7 Å². The normalized spacial score (nSPS) is 13.8. The van der Waals surface area contributed by atoms with Crippen molar-refractivity contribution in [1.82, 2.24) is 5.32 Å². The third kappa shape index (κ3) is 58.9. The molecule has 1 amide bonds. The van der Waals surface area contributed by atoms with Gasteiger partial charge in [-0.1, -0.05) is 295 Å². The van der Waals surface area contributed by atoms with Crippen LogP contribution in [0.3, 0.4) is 0 Å². The molecular formula is C68H131N2O7P. The quantitative estimate of drug-likeness (QED) is 0.0212. The highest BCUT2D eigenvalue weighted by Gasteiger charge is 2.27. The Bertz CT molecular complexity index is 1430. The van der Waals surface area contributed by atoms with Gasteiger partial charge in [0.2, 0.25) is 5.91 Å². The average molecular weight is 1120 g/mol. The number of quaternary nitrogens is 1. The van der Waals surface area contributed by atoms with Crippen molar-refractivity contribution in [2.45, 2.75) is 348 Å². The second-order valence-corrected chi connectivity index (χ2v) is 25.7. The summed E-state index contributed by atoms with van der Waals surface area (Å²) < 4.78 is 30.4. The predicted octanol–water partition coefficient (Wildman–Crippen LogP) is 20.4. The van der Waals surface area contributed by atoms with Crippen LogP contribution >= 0.6 is 7.82 Å². The van der Waals surface area contributed by atoms with Gasteiger partial charge in [0.25, 0.3) is 7.82 Å². The number of likely N-dealkylation sites (N-methyl/N-ethyl adjacent to an activating group) is 1. The average Bonchev–Trinajstić information content (AvgIpc) is 3.40. The van der Waals surface area contributed by atoms with Crippen molar-refractivity contribution < 1.29 is 37.3 Å². The Kier molecular flexibility index (Phi) is 57.1. The van der Waals surface area contributed by atoms with E-state index in [2.05, 4.69) is 50.4 Å². The van der Waals surface area contributed by atoms with Crippen LogP contribution < -0.4 is 10.2 Å². The third-order valence-electron chi connectivity index (χ3n) is 15.3. The van der Waals surface area contributed by atoms with E-state index in [1.165, 1.54) is 238 Å². The van der Waals surface area contributed by atoms with Gasteiger partial charge in [-0.2, -0.15) is 0 Å². The lowest BCUT2D eigenvalue weighted by atomic mass is 10.0. The Balaban J connectivity index is 5.13. The van der Waals surface area contributed by atoms with E-state index < -0.39 is 20.0 Å². The molecule has 0 heterocycles. The lowest BCUT2D eigenvalue weighted by Crippen LogP contribution is -2.47. The largest absolute Gasteiger partial charge is 0.756 e. The number of ether oxygens (including phenoxy) is 1. The number of unbranched alkanes of at least 4 members (excludes halogenated alkanes) is 42. The van der Waals surface area contributed by atoms with Crippen LogP contribution in [0.2, 0.25) is 0 Å². The van der Waals surface area contributed by atoms with E-state index in [1.54, 1.807) is 0 Å². The van der Waals surface area contributed by atoms with Crippen molar-refractivity contribution in [2.24, 2.45) is 0 Å². The van der Waals surface area contributed by atoms with E-state index in [-0.39, 0.29) is 31.5 Å². The number of hydrogen-bond acceptors (Lipinski definition) is 7. The number of phosphoric ester groups is 1. The summed E-state index contributed by atoms with van der Waals surface area (Å²) in [5.74, 6) is -0.525. The van der Waals surface area contributed by atoms with Gasteiger partial charge in [0.05, 0.1) is 33.8 Å². The fourth-order valence-electron chi connectivity index (χ4n) is 10.1. The first kappa shape index (κ1) is 76.2. The van der Waals surface area contributed by atoms with Gasteiger partial charge in [-0.3, -0.25) is 14.2 Å². The lowest BCUT2D eigenvalue weighted by molar-refractivity contribution is -0.870. The predicted molar refractivity (Wildman–Crippen MR) is 335 cm³/mol. The van der Waals surface area contributed by atoms with Gasteiger partial charge < -0.3 is 28.5 Å². The molecule has 0 rings (SSSR count). The van der Waals surface area contributed by atoms with E-state index in [9.17, 15) is 19.0 Å². The van der Waals surface area contributed by atoms with E-state index in [4.69, 9.17) is 13.8 Å². The van der Waals surface area contributed by atoms with Crippen LogP contribution in [0.15, 0.2) is 36.5 Å². The summed E-state index contributed by atoms with van der Waals surface area (Å²) in [6.45, 7) is 6.87. The van der Waals surface area contributed by atoms with Crippen molar-refractivity contribution in [2.75, 3.05) is 40.9 Å². The highest BCUT2D eigenvalue weighted by molar-refractivity contribution is 7.45. The second kappa shape index (κ2) is 58.4. The van der Waals surface area contributed by atoms with Crippen LogP contribution in [0.25, 0.3) is 0 Å². The summed E-state index contributed by atoms with van der Waals surface area (Å²) in [6, 6.07) is -0.886. The first-order valence-corrected chi connectivity index (χ1v) is 35.3. The molecule has 0 radical (unpaired) electrons. The monoisotopic (exact) mass is 1120 g/mol. The Hall–Kier alpha value is -1.77. The number of phosphoric acid groups is 1. The highest BCUT2D eigenvalue weighted by Crippen LogP contribution is 2.38. The number of rotatable bonds is 62. The number of allylic oxidation sites excluding steroid dienone is 5. The number of hydrogen-bond donors (Lipinski definition) is 1. The maximum absolute atomic E-state index is 13.6. The molecular weight excluding hydrogens is 988 g/mol. The zero-order valence-corrected chi connectivity index (χ0v) is 53.5. The Morgan fingerprint density at radius 3 is 1.18 bits per heavy atom. The minimum Gasteiger partial charge on any atom is -0.756 e. The maximum atomic E-state index is 13.6. The summed E-state index contributed by atoms with van der Waals surface area (Å²) in [7, 11) is 1.20. The number of nitrogens with zero attached hydrogens (tertiary/aromatic N) is 1. The smallest absolute Gasteiger partial charge is 0.306 e. The van der Waals surface area contributed by atoms with E-state index in [1.807, 2.05) is 33.3 Å². The molecule has 0 saturated heterocycles. The molecule has 0 aromatic heterocycles. The van der Waals surface area contributed by atoms with Gasteiger partial charge in [-0.25, -0.2) is 0 Å². The number of carbonyl (C=O) groups excluding carboxylic acids is 2. The lowest BCUT2D eigenvalue weighted by Gasteiger charge is -2.30. The molecule has 3 atom stereocenters. The van der Waals surface area contributed by atoms with Crippen LogP contribution in [0.1, 0.15) is 335 Å². The molecule has 0 spiro atoms. The van der Waals surface area contributed by atoms with Crippen molar-refractivity contribution in [3.63, 3.8) is 0 Å². The zero-order valence-electron chi connectivity index (χ0n) is 52.6. The molecule has 0 aliphatic rings. The molecule has 460 valence electrons. The van der Waals surface area contributed by atoms with Crippen LogP contribution in [0, 0.1) is 0 Å². The third-order valence-corrected chi connectivity index (χ3v) is 16.3. The van der Waals surface area contributed by atoms with E-state index in [0.29, 0.717) is 17.4 Å². The van der Waals surface area contributed by atoms with E-state index in [0.717, 1.165) is 64.2 Å². The van der Waals surface area contributed by atoms with Gasteiger partial charge in [0.1, 0.15) is 19.3 Å². The van der Waals surface area contributed by atoms with Gasteiger partial charge >= 0.3 is 5.97 Å². The fraction of sp³-hybridized carbons (Fsp3) is 0.882. The van der Waals surface area contributed by atoms with Gasteiger partial charge in [0, 0.05) is 12.8 Å². The molecule has 0 fully saturated rings. The van der Waals surface area contributed by atoms with Crippen LogP contribution in [0.5, 0.6) is 0 Å². The molecule has 1 N–H and O–H groups in total. The molecule has 0 saturated carbocycles. The van der Waals surface area contributed by atoms with Gasteiger partial charge in [-0.15, -0.1) is 0 Å². The first-order chi connectivity index (χ1) is 37.9. The fourth-order valence-corrected chi connectivity index (χ4v) is 10.8. The van der Waals surface area contributed by atoms with Crippen molar-refractivity contribution in [3.05, 3.63) is 36.5 Å². The first-order valence-electron chi connectivity index (χ1n) is 33.8. The number of nitrogens with one attached hydrogen (secondary N) is 1. The SMILES string of the molecule is CCCCC/C=C\C/C=C\CCCCCCCCCCCCCC(=O)NC(COP(=O)([O-])OCC[N+](C)(C)C)C(/C=C/CCCCCCCCCCCC)OC(=O)CCCCCCCCCCCCCCCCCCCCC. The molecule has 0 aliphatic carbocycles. The Morgan fingerprint density at radius 1 is 0.449 bits per heavy atom. The zero-order chi connectivity index (χ0) is 57.2. The van der Waals surface area contributed by atoms with Gasteiger partial charge in [-0.05, 0) is 63.9 Å². The van der Waals surface area contributed by atoms with Gasteiger partial charge in [0.15, 0.2) is 0 Å². The maximum Gasteiger partial charge on any atom is 0.306 e. The molecule has 9 nitrogen and oxygen atoms in total. The van der Waals surface area contributed by atoms with E-state index >= 15 is 0 Å². The molecule has 78 heavy (non-hydrogen) atoms. The van der Waals surface area contributed by atoms with Crippen LogP contribution in [-0.2, 0) is 27.9 Å². The number of carbonyl (C=O) groups is 2. The van der Waals surface area contributed by atoms with Crippen molar-refractivity contribution in [3.8, 4) is 0 Å². The number of amides is 1. The Morgan fingerprint density at radius 2 is 0.782 bits per heavy atom. The minimum atomic E-state index is -4.70. The molecule has 0 aromatic carbocycles. The topological polar surface area (TPSA) is 114 Å². The summed E-state index contributed by atoms with van der Waals surface area (Å²) in [5.41, 5.74) is 0. The summed E-state index contributed by atoms with van der Waals surface area (Å²) >= 11 is 0. The standard InChI is InChI=1S/C68H131N2O7P/c1-7-10-13-16-19-22-25-28-30-32-34-35-37-38-40-42-45-48-51-54-57-60-67(71)69-65(64-76-78(73,74)75-63-62-70(4,5)6)66(59-56-53-50-47-44-27-24-21-18-15-12-9-3)77-68(72)61-58-55-52-49-46-43-41-39-36-33-31-29-26-23-20-17-14-11-8-2/h19,22,28,30,56,59,65-66H,7-18,20-21,23-27,29,31-55,57-58,60-64H2,1-6H3,(H-,69,71,73,74)/b22-19-,30-28-,59-56+. The van der Waals surface area contributed by atoms with Crippen LogP contribution in [0.4, 0.5) is 0 Å². The second-order valence-electron chi connectivity index (χ2n) is 24.3. The molecule has 10 heteroatoms.